The van der Waals surface area contributed by atoms with Crippen molar-refractivity contribution in [3.05, 3.63) is 56.4 Å². The number of carbonyl (C=O) groups excluding carboxylic acids is 1. The summed E-state index contributed by atoms with van der Waals surface area (Å²) in [7, 11) is -3.01. The topological polar surface area (TPSA) is 153 Å². The Morgan fingerprint density at radius 3 is 2.66 bits per heavy atom. The molecule has 3 rings (SSSR count). The molecule has 0 atom stereocenters. The van der Waals surface area contributed by atoms with Gasteiger partial charge in [0.05, 0.1) is 17.0 Å². The van der Waals surface area contributed by atoms with Crippen LogP contribution in [-0.4, -0.2) is 49.6 Å². The minimum Gasteiger partial charge on any atom is -0.494 e. The number of hydrogen-bond donors (Lipinski definition) is 2. The fraction of sp³-hybridized carbons (Fsp3) is 0.188. The summed E-state index contributed by atoms with van der Waals surface area (Å²) in [6.07, 6.45) is 2.54. The number of aromatic nitrogens is 3. The Bertz CT molecular complexity index is 1270. The van der Waals surface area contributed by atoms with E-state index in [0.717, 1.165) is 15.2 Å². The summed E-state index contributed by atoms with van der Waals surface area (Å²) in [6.45, 7) is -0.452. The fourth-order valence-corrected chi connectivity index (χ4v) is 3.23. The number of aromatic hydroxyl groups is 1. The van der Waals surface area contributed by atoms with E-state index in [2.05, 4.69) is 15.0 Å². The molecule has 0 fully saturated rings. The van der Waals surface area contributed by atoms with Gasteiger partial charge in [0.25, 0.3) is 15.7 Å². The van der Waals surface area contributed by atoms with Crippen molar-refractivity contribution in [2.45, 2.75) is 6.54 Å². The van der Waals surface area contributed by atoms with E-state index >= 15 is 0 Å². The van der Waals surface area contributed by atoms with Gasteiger partial charge in [0.1, 0.15) is 11.3 Å². The van der Waals surface area contributed by atoms with Crippen molar-refractivity contribution in [1.29, 1.82) is 0 Å². The molecule has 0 radical (unpaired) electrons. The average Bonchev–Trinajstić information content (AvgIpc) is 3.03. The van der Waals surface area contributed by atoms with Crippen LogP contribution in [0.3, 0.4) is 0 Å². The van der Waals surface area contributed by atoms with E-state index in [1.807, 2.05) is 0 Å². The normalized spacial score (nSPS) is 15.4. The highest BCUT2D eigenvalue weighted by atomic mass is 32.2. The minimum atomic E-state index is -4.36. The summed E-state index contributed by atoms with van der Waals surface area (Å²) in [6, 6.07) is 4.90. The van der Waals surface area contributed by atoms with Crippen LogP contribution in [0.4, 0.5) is 0 Å². The van der Waals surface area contributed by atoms with Crippen molar-refractivity contribution in [2.75, 3.05) is 5.75 Å². The molecule has 29 heavy (non-hydrogen) atoms. The summed E-state index contributed by atoms with van der Waals surface area (Å²) in [5.41, 5.74) is -0.964. The number of hydrogen-bond acceptors (Lipinski definition) is 9. The maximum Gasteiger partial charge on any atom is 0.368 e. The summed E-state index contributed by atoms with van der Waals surface area (Å²) >= 11 is 5.07. The lowest BCUT2D eigenvalue weighted by Gasteiger charge is -2.13. The van der Waals surface area contributed by atoms with Gasteiger partial charge in [0, 0.05) is 19.8 Å². The van der Waals surface area contributed by atoms with Crippen molar-refractivity contribution in [3.8, 4) is 5.88 Å². The molecular weight excluding hydrogens is 424 g/mol. The van der Waals surface area contributed by atoms with E-state index < -0.39 is 39.8 Å². The molecule has 0 aromatic carbocycles. The second-order valence-corrected chi connectivity index (χ2v) is 7.85. The number of nitrogens with zero attached hydrogens (tertiary/aromatic N) is 4. The molecule has 0 amide bonds. The van der Waals surface area contributed by atoms with Crippen LogP contribution in [0, 0.1) is 4.77 Å². The molecule has 2 aromatic heterocycles. The van der Waals surface area contributed by atoms with Gasteiger partial charge in [-0.25, -0.2) is 4.79 Å². The maximum absolute atomic E-state index is 12.8. The Balaban J connectivity index is 2.17. The van der Waals surface area contributed by atoms with Crippen LogP contribution in [-0.2, 0) is 33.3 Å². The highest BCUT2D eigenvalue weighted by Gasteiger charge is 2.29. The van der Waals surface area contributed by atoms with Gasteiger partial charge >= 0.3 is 5.97 Å². The molecule has 3 heterocycles. The second-order valence-electron chi connectivity index (χ2n) is 5.91. The number of oxime groups is 1. The van der Waals surface area contributed by atoms with Crippen LogP contribution in [0.1, 0.15) is 11.3 Å². The van der Waals surface area contributed by atoms with Crippen LogP contribution < -0.4 is 5.56 Å². The molecule has 152 valence electrons. The van der Waals surface area contributed by atoms with Gasteiger partial charge in [0.2, 0.25) is 5.88 Å². The average molecular weight is 438 g/mol. The molecular formula is C16H14N4O7S2. The summed E-state index contributed by atoms with van der Waals surface area (Å²) in [4.78, 5) is 33.7. The molecule has 0 saturated carbocycles. The zero-order chi connectivity index (χ0) is 21.3. The van der Waals surface area contributed by atoms with Gasteiger partial charge < -0.3 is 9.94 Å². The SMILES string of the molecule is Cn1c(O)c(/C=C2\C(=O)ON=C2c2ccccn2)c(=O)n(CCS(=O)(=O)O)c1=S. The third-order valence-corrected chi connectivity index (χ3v) is 5.21. The molecule has 13 heteroatoms. The Kier molecular flexibility index (Phi) is 5.46. The molecule has 1 aliphatic heterocycles. The van der Waals surface area contributed by atoms with Crippen molar-refractivity contribution in [1.82, 2.24) is 14.1 Å². The lowest BCUT2D eigenvalue weighted by molar-refractivity contribution is -0.136. The molecule has 1 aliphatic rings. The third-order valence-electron chi connectivity index (χ3n) is 4.02. The van der Waals surface area contributed by atoms with Crippen LogP contribution in [0.2, 0.25) is 0 Å². The van der Waals surface area contributed by atoms with Crippen LogP contribution in [0.5, 0.6) is 5.88 Å². The van der Waals surface area contributed by atoms with E-state index in [9.17, 15) is 23.1 Å². The summed E-state index contributed by atoms with van der Waals surface area (Å²) < 4.78 is 32.8. The Hall–Kier alpha value is -3.16. The largest absolute Gasteiger partial charge is 0.494 e. The molecule has 0 spiro atoms. The summed E-state index contributed by atoms with van der Waals surface area (Å²) in [5.74, 6) is -2.17. The van der Waals surface area contributed by atoms with E-state index in [4.69, 9.17) is 16.8 Å². The third kappa shape index (κ3) is 4.16. The van der Waals surface area contributed by atoms with Crippen molar-refractivity contribution < 1.29 is 27.7 Å². The highest BCUT2D eigenvalue weighted by molar-refractivity contribution is 7.85. The summed E-state index contributed by atoms with van der Waals surface area (Å²) in [5, 5.41) is 14.0. The van der Waals surface area contributed by atoms with Gasteiger partial charge in [0.15, 0.2) is 4.77 Å². The van der Waals surface area contributed by atoms with E-state index in [0.29, 0.717) is 5.69 Å². The Morgan fingerprint density at radius 1 is 1.31 bits per heavy atom. The second kappa shape index (κ2) is 7.69. The Labute approximate surface area is 168 Å². The first-order valence-corrected chi connectivity index (χ1v) is 10.0. The zero-order valence-corrected chi connectivity index (χ0v) is 16.5. The molecule has 11 nitrogen and oxygen atoms in total. The first-order valence-electron chi connectivity index (χ1n) is 8.01. The van der Waals surface area contributed by atoms with Gasteiger partial charge in [-0.2, -0.15) is 8.42 Å². The smallest absolute Gasteiger partial charge is 0.368 e. The predicted octanol–water partition coefficient (Wildman–Crippen LogP) is 0.249. The quantitative estimate of drug-likeness (QED) is 0.289. The van der Waals surface area contributed by atoms with E-state index in [1.165, 1.54) is 13.2 Å². The Morgan fingerprint density at radius 2 is 2.03 bits per heavy atom. The standard InChI is InChI=1S/C16H14N4O7S2/c1-19-13(21)10(14(22)20(16(19)28)6-7-29(24,25)26)8-9-12(18-27-15(9)23)11-4-2-3-5-17-11/h2-5,8,21H,6-7H2,1H3,(H,24,25,26)/b9-8-. The lowest BCUT2D eigenvalue weighted by Crippen LogP contribution is -2.29. The van der Waals surface area contributed by atoms with Crippen molar-refractivity contribution in [3.63, 3.8) is 0 Å². The molecule has 0 bridgehead atoms. The number of rotatable bonds is 5. The number of pyridine rings is 1. The van der Waals surface area contributed by atoms with Crippen LogP contribution in [0.25, 0.3) is 6.08 Å². The van der Waals surface area contributed by atoms with E-state index in [-0.39, 0.29) is 21.6 Å². The van der Waals surface area contributed by atoms with Crippen LogP contribution in [0.15, 0.2) is 39.9 Å². The van der Waals surface area contributed by atoms with Gasteiger partial charge in [-0.15, -0.1) is 0 Å². The van der Waals surface area contributed by atoms with Gasteiger partial charge in [-0.3, -0.25) is 23.5 Å². The monoisotopic (exact) mass is 438 g/mol. The lowest BCUT2D eigenvalue weighted by atomic mass is 10.1. The number of carbonyl (C=O) groups is 1. The molecule has 0 aliphatic carbocycles. The van der Waals surface area contributed by atoms with Crippen LogP contribution >= 0.6 is 12.2 Å². The minimum absolute atomic E-state index is 0.0592. The fourth-order valence-electron chi connectivity index (χ4n) is 2.55. The predicted molar refractivity (Wildman–Crippen MR) is 103 cm³/mol. The van der Waals surface area contributed by atoms with Crippen molar-refractivity contribution in [2.24, 2.45) is 12.2 Å². The molecule has 0 unspecified atom stereocenters. The molecule has 2 N–H and O–H groups in total. The highest BCUT2D eigenvalue weighted by Crippen LogP contribution is 2.22. The van der Waals surface area contributed by atoms with Gasteiger partial charge in [-0.05, 0) is 30.4 Å². The maximum atomic E-state index is 12.8. The first kappa shape index (κ1) is 20.6. The molecule has 0 saturated heterocycles. The molecule has 2 aromatic rings. The van der Waals surface area contributed by atoms with Gasteiger partial charge in [-0.1, -0.05) is 11.2 Å². The zero-order valence-electron chi connectivity index (χ0n) is 14.8. The van der Waals surface area contributed by atoms with E-state index in [1.54, 1.807) is 18.2 Å². The van der Waals surface area contributed by atoms with Crippen molar-refractivity contribution >= 4 is 40.1 Å². The first-order chi connectivity index (χ1) is 13.6.